The first-order valence-corrected chi connectivity index (χ1v) is 2.88. The third-order valence-electron chi connectivity index (χ3n) is 0. The molecule has 0 atom stereocenters. The number of nitrogens with two attached hydrogens (primary N) is 2. The Bertz CT molecular complexity index is 157. The topological polar surface area (TPSA) is 144 Å². The molecule has 9 heavy (non-hydrogen) atoms. The summed E-state index contributed by atoms with van der Waals surface area (Å²) in [7, 11) is -4.67. The van der Waals surface area contributed by atoms with Gasteiger partial charge in [-0.1, -0.05) is 0 Å². The molecule has 8 heteroatoms. The molecular formula is CH6N2O5S. The Morgan fingerprint density at radius 1 is 1.22 bits per heavy atom. The molecule has 0 bridgehead atoms. The fourth-order valence-corrected chi connectivity index (χ4v) is 0. The summed E-state index contributed by atoms with van der Waals surface area (Å²) in [5.74, 6) is 0. The third-order valence-corrected chi connectivity index (χ3v) is 0. The number of hydrogen-bond acceptors (Lipinski definition) is 3. The van der Waals surface area contributed by atoms with E-state index in [1.54, 1.807) is 0 Å². The lowest BCUT2D eigenvalue weighted by Crippen LogP contribution is -2.18. The predicted octanol–water partition coefficient (Wildman–Crippen LogP) is -1.63. The van der Waals surface area contributed by atoms with E-state index in [0.717, 1.165) is 0 Å². The molecule has 0 radical (unpaired) electrons. The fourth-order valence-electron chi connectivity index (χ4n) is 0. The lowest BCUT2D eigenvalue weighted by molar-refractivity contribution is 0.256. The molecule has 0 aromatic heterocycles. The van der Waals surface area contributed by atoms with Gasteiger partial charge in [-0.2, -0.15) is 8.42 Å². The van der Waals surface area contributed by atoms with Crippen LogP contribution in [0.3, 0.4) is 0 Å². The molecule has 0 aromatic rings. The lowest BCUT2D eigenvalue weighted by atomic mass is 11.2. The summed E-state index contributed by atoms with van der Waals surface area (Å²) in [6.45, 7) is 0. The molecule has 0 unspecified atom stereocenters. The smallest absolute Gasteiger partial charge is 0.352 e. The van der Waals surface area contributed by atoms with E-state index in [0.29, 0.717) is 0 Å². The molecule has 0 aliphatic rings. The molecule has 0 heterocycles. The van der Waals surface area contributed by atoms with E-state index in [4.69, 9.17) is 22.3 Å². The van der Waals surface area contributed by atoms with Crippen molar-refractivity contribution in [1.82, 2.24) is 0 Å². The number of carbonyl (C=O) groups is 1. The molecule has 6 N–H and O–H groups in total. The second kappa shape index (κ2) is 4.06. The van der Waals surface area contributed by atoms with E-state index in [1.165, 1.54) is 0 Å². The number of urea groups is 1. The number of rotatable bonds is 0. The first-order chi connectivity index (χ1) is 3.73. The highest BCUT2D eigenvalue weighted by atomic mass is 32.3. The first-order valence-electron chi connectivity index (χ1n) is 1.48. The predicted molar refractivity (Wildman–Crippen MR) is 27.9 cm³/mol. The minimum atomic E-state index is -4.67. The van der Waals surface area contributed by atoms with Gasteiger partial charge in [0, 0.05) is 0 Å². The molecule has 0 rings (SSSR count). The largest absolute Gasteiger partial charge is 0.394 e. The molecule has 7 nitrogen and oxygen atoms in total. The van der Waals surface area contributed by atoms with Gasteiger partial charge in [-0.25, -0.2) is 4.79 Å². The highest BCUT2D eigenvalue weighted by Gasteiger charge is 1.84. The maximum Gasteiger partial charge on any atom is 0.394 e. The maximum atomic E-state index is 9.00. The van der Waals surface area contributed by atoms with Crippen molar-refractivity contribution in [2.24, 2.45) is 11.5 Å². The number of amides is 2. The van der Waals surface area contributed by atoms with E-state index in [-0.39, 0.29) is 0 Å². The average molecular weight is 158 g/mol. The summed E-state index contributed by atoms with van der Waals surface area (Å²) in [6, 6.07) is -0.833. The van der Waals surface area contributed by atoms with Gasteiger partial charge in [0.15, 0.2) is 0 Å². The number of primary amides is 2. The van der Waals surface area contributed by atoms with Gasteiger partial charge in [0.05, 0.1) is 0 Å². The van der Waals surface area contributed by atoms with Gasteiger partial charge in [0.1, 0.15) is 0 Å². The summed E-state index contributed by atoms with van der Waals surface area (Å²) in [5, 5.41) is 0. The van der Waals surface area contributed by atoms with Crippen LogP contribution in [-0.4, -0.2) is 23.6 Å². The van der Waals surface area contributed by atoms with Crippen LogP contribution < -0.4 is 11.5 Å². The zero-order chi connectivity index (χ0) is 8.08. The minimum Gasteiger partial charge on any atom is -0.352 e. The van der Waals surface area contributed by atoms with Crippen molar-refractivity contribution in [3.05, 3.63) is 0 Å². The van der Waals surface area contributed by atoms with E-state index in [9.17, 15) is 0 Å². The zero-order valence-electron chi connectivity index (χ0n) is 4.18. The summed E-state index contributed by atoms with van der Waals surface area (Å²) in [5.41, 5.74) is 8.50. The Hall–Kier alpha value is -0.860. The Balaban J connectivity index is 0. The van der Waals surface area contributed by atoms with E-state index in [2.05, 4.69) is 11.5 Å². The molecule has 0 saturated carbocycles. The molecule has 0 spiro atoms. The Labute approximate surface area is 51.2 Å². The molecule has 0 aliphatic carbocycles. The van der Waals surface area contributed by atoms with Crippen LogP contribution in [0.1, 0.15) is 0 Å². The molecule has 0 aliphatic heterocycles. The van der Waals surface area contributed by atoms with Crippen LogP contribution in [0.25, 0.3) is 0 Å². The van der Waals surface area contributed by atoms with Crippen molar-refractivity contribution >= 4 is 16.4 Å². The molecule has 0 fully saturated rings. The van der Waals surface area contributed by atoms with Crippen LogP contribution in [-0.2, 0) is 10.4 Å². The van der Waals surface area contributed by atoms with Crippen LogP contribution >= 0.6 is 0 Å². The SMILES string of the molecule is NC(N)=O.O=S(=O)(O)O. The van der Waals surface area contributed by atoms with Crippen LogP contribution in [0, 0.1) is 0 Å². The van der Waals surface area contributed by atoms with Crippen molar-refractivity contribution in [3.8, 4) is 0 Å². The summed E-state index contributed by atoms with van der Waals surface area (Å²) >= 11 is 0. The van der Waals surface area contributed by atoms with Crippen molar-refractivity contribution in [2.75, 3.05) is 0 Å². The van der Waals surface area contributed by atoms with Crippen molar-refractivity contribution in [2.45, 2.75) is 0 Å². The van der Waals surface area contributed by atoms with Gasteiger partial charge in [-0.15, -0.1) is 0 Å². The van der Waals surface area contributed by atoms with Crippen LogP contribution in [0.5, 0.6) is 0 Å². The van der Waals surface area contributed by atoms with Crippen molar-refractivity contribution < 1.29 is 22.3 Å². The van der Waals surface area contributed by atoms with Gasteiger partial charge in [0.25, 0.3) is 0 Å². The van der Waals surface area contributed by atoms with Crippen LogP contribution in [0.4, 0.5) is 4.79 Å². The molecule has 56 valence electrons. The second-order valence-electron chi connectivity index (χ2n) is 0.850. The number of hydrogen-bond donors (Lipinski definition) is 4. The van der Waals surface area contributed by atoms with Crippen LogP contribution in [0.2, 0.25) is 0 Å². The molecule has 2 amide bonds. The van der Waals surface area contributed by atoms with Crippen molar-refractivity contribution in [1.29, 1.82) is 0 Å². The van der Waals surface area contributed by atoms with E-state index >= 15 is 0 Å². The van der Waals surface area contributed by atoms with E-state index in [1.807, 2.05) is 0 Å². The summed E-state index contributed by atoms with van der Waals surface area (Å²) in [4.78, 5) is 9.00. The third kappa shape index (κ3) is 255. The van der Waals surface area contributed by atoms with Gasteiger partial charge in [-0.3, -0.25) is 9.11 Å². The highest BCUT2D eigenvalue weighted by Crippen LogP contribution is 1.59. The fraction of sp³-hybridized carbons (Fsp3) is 0. The summed E-state index contributed by atoms with van der Waals surface area (Å²) in [6.07, 6.45) is 0. The van der Waals surface area contributed by atoms with Gasteiger partial charge in [0.2, 0.25) is 0 Å². The van der Waals surface area contributed by atoms with E-state index < -0.39 is 16.4 Å². The molecular weight excluding hydrogens is 152 g/mol. The van der Waals surface area contributed by atoms with Gasteiger partial charge < -0.3 is 11.5 Å². The zero-order valence-corrected chi connectivity index (χ0v) is 5.00. The Morgan fingerprint density at radius 3 is 1.22 bits per heavy atom. The maximum absolute atomic E-state index is 9.00. The Kier molecular flexibility index (Phi) is 4.97. The molecule has 0 saturated heterocycles. The minimum absolute atomic E-state index is 0.833. The second-order valence-corrected chi connectivity index (χ2v) is 1.75. The molecule has 0 aromatic carbocycles. The summed E-state index contributed by atoms with van der Waals surface area (Å²) < 4.78 is 31.6. The lowest BCUT2D eigenvalue weighted by Gasteiger charge is -1.68. The Morgan fingerprint density at radius 2 is 1.22 bits per heavy atom. The van der Waals surface area contributed by atoms with Crippen LogP contribution in [0.15, 0.2) is 0 Å². The van der Waals surface area contributed by atoms with Gasteiger partial charge in [-0.05, 0) is 0 Å². The van der Waals surface area contributed by atoms with Gasteiger partial charge >= 0.3 is 16.4 Å². The first kappa shape index (κ1) is 11.0. The number of carbonyl (C=O) groups excluding carboxylic acids is 1. The quantitative estimate of drug-likeness (QED) is 0.313. The average Bonchev–Trinajstić information content (AvgIpc) is 1.19. The van der Waals surface area contributed by atoms with Crippen molar-refractivity contribution in [3.63, 3.8) is 0 Å². The standard InChI is InChI=1S/CH4N2O.H2O4S/c2-1(3)4;1-5(2,3)4/h(H4,2,3,4);(H2,1,2,3,4). The highest BCUT2D eigenvalue weighted by molar-refractivity contribution is 7.79. The monoisotopic (exact) mass is 158 g/mol. The normalized spacial score (nSPS) is 9.11.